The van der Waals surface area contributed by atoms with Crippen LogP contribution in [0, 0.1) is 0 Å². The molecule has 0 aliphatic rings. The molecule has 11 heteroatoms. The molecule has 8 nitrogen and oxygen atoms in total. The minimum absolute atomic E-state index is 0.00289. The monoisotopic (exact) mass is 639 g/mol. The molecule has 0 saturated heterocycles. The molecule has 1 atom stereocenters. The van der Waals surface area contributed by atoms with Gasteiger partial charge in [-0.15, -0.1) is 0 Å². The summed E-state index contributed by atoms with van der Waals surface area (Å²) < 4.78 is 34.6. The molecule has 0 spiro atoms. The first-order valence-electron chi connectivity index (χ1n) is 13.4. The van der Waals surface area contributed by atoms with Gasteiger partial charge in [-0.05, 0) is 47.5 Å². The molecule has 4 aromatic rings. The number of amides is 2. The van der Waals surface area contributed by atoms with Gasteiger partial charge in [0.2, 0.25) is 11.8 Å². The fraction of sp³-hybridized carbons (Fsp3) is 0.188. The molecule has 0 saturated carbocycles. The average Bonchev–Trinajstić information content (AvgIpc) is 3.03. The van der Waals surface area contributed by atoms with E-state index in [-0.39, 0.29) is 34.3 Å². The number of anilines is 1. The summed E-state index contributed by atoms with van der Waals surface area (Å²) in [5.74, 6) is -0.758. The summed E-state index contributed by atoms with van der Waals surface area (Å²) in [6.45, 7) is -0.646. The SMILES string of the molecule is CNC(=O)[C@@H](Cc1ccccc1)N(Cc1ccc(Cl)c(Cl)c1)C(=O)CN(c1ccccc1OC)S(=O)(=O)c1ccccc1. The smallest absolute Gasteiger partial charge is 0.264 e. The fourth-order valence-corrected chi connectivity index (χ4v) is 6.39. The largest absolute Gasteiger partial charge is 0.495 e. The molecule has 0 aliphatic heterocycles. The second kappa shape index (κ2) is 14.4. The van der Waals surface area contributed by atoms with Crippen molar-refractivity contribution in [2.45, 2.75) is 23.9 Å². The van der Waals surface area contributed by atoms with Crippen LogP contribution in [0.25, 0.3) is 0 Å². The molecule has 0 bridgehead atoms. The van der Waals surface area contributed by atoms with Crippen molar-refractivity contribution in [2.75, 3.05) is 25.0 Å². The minimum atomic E-state index is -4.24. The highest BCUT2D eigenvalue weighted by atomic mass is 35.5. The van der Waals surface area contributed by atoms with Gasteiger partial charge in [0.1, 0.15) is 18.3 Å². The maximum atomic E-state index is 14.4. The Morgan fingerprint density at radius 2 is 1.47 bits per heavy atom. The van der Waals surface area contributed by atoms with Crippen LogP contribution in [0.15, 0.2) is 108 Å². The van der Waals surface area contributed by atoms with Gasteiger partial charge in [0, 0.05) is 20.0 Å². The summed E-state index contributed by atoms with van der Waals surface area (Å²) in [6.07, 6.45) is 0.188. The quantitative estimate of drug-likeness (QED) is 0.218. The van der Waals surface area contributed by atoms with Crippen molar-refractivity contribution < 1.29 is 22.7 Å². The zero-order valence-corrected chi connectivity index (χ0v) is 25.9. The standard InChI is InChI=1S/C32H31Cl2N3O5S/c1-35-32(39)29(20-23-11-5-3-6-12-23)36(21-24-17-18-26(33)27(34)19-24)31(38)22-37(28-15-9-10-16-30(28)42-2)43(40,41)25-13-7-4-8-14-25/h3-19,29H,20-22H2,1-2H3,(H,35,39)/t29-/m1/s1. The van der Waals surface area contributed by atoms with Crippen molar-refractivity contribution in [3.63, 3.8) is 0 Å². The molecule has 0 unspecified atom stereocenters. The van der Waals surface area contributed by atoms with Crippen LogP contribution in [-0.2, 0) is 32.6 Å². The van der Waals surface area contributed by atoms with Crippen LogP contribution in [0.1, 0.15) is 11.1 Å². The number of carbonyl (C=O) groups excluding carboxylic acids is 2. The van der Waals surface area contributed by atoms with E-state index in [4.69, 9.17) is 27.9 Å². The van der Waals surface area contributed by atoms with Gasteiger partial charge in [-0.2, -0.15) is 0 Å². The number of carbonyl (C=O) groups is 2. The molecular formula is C32H31Cl2N3O5S. The van der Waals surface area contributed by atoms with Gasteiger partial charge < -0.3 is 15.0 Å². The van der Waals surface area contributed by atoms with Crippen molar-refractivity contribution in [3.8, 4) is 5.75 Å². The van der Waals surface area contributed by atoms with E-state index >= 15 is 0 Å². The molecule has 0 aliphatic carbocycles. The van der Waals surface area contributed by atoms with Crippen LogP contribution < -0.4 is 14.4 Å². The molecule has 1 N–H and O–H groups in total. The molecule has 4 rings (SSSR count). The van der Waals surface area contributed by atoms with Crippen LogP contribution in [0.2, 0.25) is 10.0 Å². The highest BCUT2D eigenvalue weighted by Gasteiger charge is 2.35. The molecule has 2 amide bonds. The Morgan fingerprint density at radius 1 is 0.837 bits per heavy atom. The zero-order chi connectivity index (χ0) is 31.0. The van der Waals surface area contributed by atoms with Gasteiger partial charge in [0.15, 0.2) is 0 Å². The molecule has 0 heterocycles. The van der Waals surface area contributed by atoms with E-state index in [1.165, 1.54) is 31.2 Å². The topological polar surface area (TPSA) is 96.0 Å². The van der Waals surface area contributed by atoms with Crippen molar-refractivity contribution in [1.82, 2.24) is 10.2 Å². The Hall–Kier alpha value is -4.05. The lowest BCUT2D eigenvalue weighted by atomic mass is 10.0. The number of para-hydroxylation sites is 2. The number of methoxy groups -OCH3 is 1. The molecule has 0 radical (unpaired) electrons. The number of nitrogens with zero attached hydrogens (tertiary/aromatic N) is 2. The van der Waals surface area contributed by atoms with Gasteiger partial charge in [-0.25, -0.2) is 8.42 Å². The van der Waals surface area contributed by atoms with E-state index in [0.29, 0.717) is 10.6 Å². The van der Waals surface area contributed by atoms with Crippen LogP contribution >= 0.6 is 23.2 Å². The number of nitrogens with one attached hydrogen (secondary N) is 1. The Balaban J connectivity index is 1.82. The molecule has 43 heavy (non-hydrogen) atoms. The minimum Gasteiger partial charge on any atom is -0.495 e. The molecule has 4 aromatic carbocycles. The van der Waals surface area contributed by atoms with Crippen molar-refractivity contribution in [2.24, 2.45) is 0 Å². The Labute approximate surface area is 261 Å². The number of hydrogen-bond donors (Lipinski definition) is 1. The van der Waals surface area contributed by atoms with E-state index in [1.807, 2.05) is 30.3 Å². The number of benzene rings is 4. The summed E-state index contributed by atoms with van der Waals surface area (Å²) >= 11 is 12.4. The van der Waals surface area contributed by atoms with Crippen molar-refractivity contribution in [1.29, 1.82) is 0 Å². The normalized spacial score (nSPS) is 11.8. The third-order valence-corrected chi connectivity index (χ3v) is 9.33. The number of hydrogen-bond acceptors (Lipinski definition) is 5. The fourth-order valence-electron chi connectivity index (χ4n) is 4.62. The van der Waals surface area contributed by atoms with E-state index in [0.717, 1.165) is 9.87 Å². The van der Waals surface area contributed by atoms with Gasteiger partial charge in [0.05, 0.1) is 27.7 Å². The predicted molar refractivity (Wildman–Crippen MR) is 169 cm³/mol. The number of sulfonamides is 1. The first-order chi connectivity index (χ1) is 20.6. The molecular weight excluding hydrogens is 609 g/mol. The Bertz CT molecular complexity index is 1670. The lowest BCUT2D eigenvalue weighted by Crippen LogP contribution is -2.53. The van der Waals surface area contributed by atoms with E-state index in [1.54, 1.807) is 60.7 Å². The summed E-state index contributed by atoms with van der Waals surface area (Å²) in [5, 5.41) is 3.28. The van der Waals surface area contributed by atoms with E-state index in [2.05, 4.69) is 5.32 Å². The average molecular weight is 641 g/mol. The predicted octanol–water partition coefficient (Wildman–Crippen LogP) is 5.58. The Kier molecular flexibility index (Phi) is 10.7. The van der Waals surface area contributed by atoms with E-state index < -0.39 is 34.4 Å². The van der Waals surface area contributed by atoms with Gasteiger partial charge in [-0.3, -0.25) is 13.9 Å². The van der Waals surface area contributed by atoms with Crippen LogP contribution in [0.3, 0.4) is 0 Å². The third kappa shape index (κ3) is 7.67. The molecule has 0 fully saturated rings. The number of ether oxygens (including phenoxy) is 1. The zero-order valence-electron chi connectivity index (χ0n) is 23.6. The van der Waals surface area contributed by atoms with Gasteiger partial charge in [0.25, 0.3) is 10.0 Å². The summed E-state index contributed by atoms with van der Waals surface area (Å²) in [4.78, 5) is 29.1. The van der Waals surface area contributed by atoms with Crippen LogP contribution in [0.5, 0.6) is 5.75 Å². The highest BCUT2D eigenvalue weighted by Crippen LogP contribution is 2.33. The summed E-state index contributed by atoms with van der Waals surface area (Å²) in [7, 11) is -1.33. The number of likely N-dealkylation sites (N-methyl/N-ethyl adjacent to an activating group) is 1. The van der Waals surface area contributed by atoms with E-state index in [9.17, 15) is 18.0 Å². The number of halogens is 2. The van der Waals surface area contributed by atoms with Crippen LogP contribution in [-0.4, -0.2) is 51.9 Å². The highest BCUT2D eigenvalue weighted by molar-refractivity contribution is 7.92. The van der Waals surface area contributed by atoms with Gasteiger partial charge in [-0.1, -0.05) is 89.9 Å². The van der Waals surface area contributed by atoms with Crippen molar-refractivity contribution in [3.05, 3.63) is 124 Å². The Morgan fingerprint density at radius 3 is 2.09 bits per heavy atom. The lowest BCUT2D eigenvalue weighted by molar-refractivity contribution is -0.139. The first-order valence-corrected chi connectivity index (χ1v) is 15.5. The van der Waals surface area contributed by atoms with Gasteiger partial charge >= 0.3 is 0 Å². The first kappa shape index (κ1) is 31.9. The maximum absolute atomic E-state index is 14.4. The molecule has 224 valence electrons. The number of rotatable bonds is 12. The summed E-state index contributed by atoms with van der Waals surface area (Å²) in [6, 6.07) is 27.6. The van der Waals surface area contributed by atoms with Crippen LogP contribution in [0.4, 0.5) is 5.69 Å². The third-order valence-electron chi connectivity index (χ3n) is 6.82. The second-order valence-electron chi connectivity index (χ2n) is 9.59. The maximum Gasteiger partial charge on any atom is 0.264 e. The van der Waals surface area contributed by atoms with Crippen molar-refractivity contribution >= 4 is 50.7 Å². The molecule has 0 aromatic heterocycles. The second-order valence-corrected chi connectivity index (χ2v) is 12.3. The summed E-state index contributed by atoms with van der Waals surface area (Å²) in [5.41, 5.74) is 1.61. The lowest BCUT2D eigenvalue weighted by Gasteiger charge is -2.34.